The van der Waals surface area contributed by atoms with Crippen molar-refractivity contribution in [3.63, 3.8) is 0 Å². The van der Waals surface area contributed by atoms with Gasteiger partial charge in [-0.1, -0.05) is 0 Å². The molecule has 4 nitrogen and oxygen atoms in total. The lowest BCUT2D eigenvalue weighted by atomic mass is 9.97. The molecule has 2 aliphatic heterocycles. The Labute approximate surface area is 108 Å². The van der Waals surface area contributed by atoms with Crippen molar-refractivity contribution in [2.45, 2.75) is 57.1 Å². The van der Waals surface area contributed by atoms with Gasteiger partial charge in [0.05, 0.1) is 12.7 Å². The highest BCUT2D eigenvalue weighted by Crippen LogP contribution is 2.28. The maximum Gasteiger partial charge on any atom is 0.111 e. The van der Waals surface area contributed by atoms with Gasteiger partial charge >= 0.3 is 0 Å². The maximum atomic E-state index is 9.40. The molecule has 2 aliphatic rings. The van der Waals surface area contributed by atoms with Gasteiger partial charge in [0.25, 0.3) is 0 Å². The summed E-state index contributed by atoms with van der Waals surface area (Å²) in [6, 6.07) is 0. The molecule has 1 saturated heterocycles. The first-order valence-corrected chi connectivity index (χ1v) is 7.15. The summed E-state index contributed by atoms with van der Waals surface area (Å²) in [6.07, 6.45) is 9.09. The summed E-state index contributed by atoms with van der Waals surface area (Å²) in [7, 11) is 0. The van der Waals surface area contributed by atoms with E-state index < -0.39 is 0 Å². The zero-order chi connectivity index (χ0) is 12.4. The molecule has 0 spiro atoms. The molecule has 4 heteroatoms. The Morgan fingerprint density at radius 2 is 2.28 bits per heavy atom. The minimum atomic E-state index is 0.241. The molecule has 1 aromatic rings. The van der Waals surface area contributed by atoms with Crippen LogP contribution in [0.15, 0.2) is 6.20 Å². The highest BCUT2D eigenvalue weighted by Gasteiger charge is 2.24. The Bertz CT molecular complexity index is 396. The second-order valence-electron chi connectivity index (χ2n) is 5.47. The van der Waals surface area contributed by atoms with Crippen LogP contribution >= 0.6 is 0 Å². The number of rotatable bonds is 3. The number of aliphatic hydroxyl groups is 1. The lowest BCUT2D eigenvalue weighted by Crippen LogP contribution is -2.25. The van der Waals surface area contributed by atoms with Gasteiger partial charge < -0.3 is 14.4 Å². The second kappa shape index (κ2) is 5.41. The number of hydrogen-bond donors (Lipinski definition) is 1. The predicted molar refractivity (Wildman–Crippen MR) is 68.6 cm³/mol. The predicted octanol–water partition coefficient (Wildman–Crippen LogP) is 1.86. The SMILES string of the molecule is OCC1CCCn2c1cnc2CC1CCCCO1. The highest BCUT2D eigenvalue weighted by atomic mass is 16.5. The summed E-state index contributed by atoms with van der Waals surface area (Å²) in [5.41, 5.74) is 1.22. The quantitative estimate of drug-likeness (QED) is 0.890. The van der Waals surface area contributed by atoms with Crippen molar-refractivity contribution in [3.8, 4) is 0 Å². The molecule has 0 saturated carbocycles. The largest absolute Gasteiger partial charge is 0.396 e. The van der Waals surface area contributed by atoms with Crippen LogP contribution in [0.25, 0.3) is 0 Å². The molecule has 3 rings (SSSR count). The van der Waals surface area contributed by atoms with E-state index in [9.17, 15) is 5.11 Å². The van der Waals surface area contributed by atoms with Gasteiger partial charge in [-0.05, 0) is 32.1 Å². The van der Waals surface area contributed by atoms with Gasteiger partial charge in [0, 0.05) is 37.4 Å². The number of aromatic nitrogens is 2. The smallest absolute Gasteiger partial charge is 0.111 e. The molecule has 2 unspecified atom stereocenters. The summed E-state index contributed by atoms with van der Waals surface area (Å²) < 4.78 is 8.10. The van der Waals surface area contributed by atoms with Crippen molar-refractivity contribution >= 4 is 0 Å². The van der Waals surface area contributed by atoms with Crippen molar-refractivity contribution in [1.29, 1.82) is 0 Å². The number of imidazole rings is 1. The Morgan fingerprint density at radius 1 is 1.33 bits per heavy atom. The Morgan fingerprint density at radius 3 is 3.06 bits per heavy atom. The molecule has 1 fully saturated rings. The molecular formula is C14H22N2O2. The summed E-state index contributed by atoms with van der Waals surface area (Å²) >= 11 is 0. The van der Waals surface area contributed by atoms with Gasteiger partial charge in [-0.3, -0.25) is 0 Å². The highest BCUT2D eigenvalue weighted by molar-refractivity contribution is 5.14. The third-order valence-electron chi connectivity index (χ3n) is 4.23. The molecule has 3 heterocycles. The van der Waals surface area contributed by atoms with Gasteiger partial charge in [-0.2, -0.15) is 0 Å². The number of hydrogen-bond acceptors (Lipinski definition) is 3. The van der Waals surface area contributed by atoms with E-state index in [2.05, 4.69) is 9.55 Å². The molecule has 1 aromatic heterocycles. The fourth-order valence-corrected chi connectivity index (χ4v) is 3.18. The minimum absolute atomic E-state index is 0.241. The van der Waals surface area contributed by atoms with Gasteiger partial charge in [-0.25, -0.2) is 4.98 Å². The van der Waals surface area contributed by atoms with Crippen LogP contribution in [0, 0.1) is 0 Å². The molecule has 0 aliphatic carbocycles. The molecule has 18 heavy (non-hydrogen) atoms. The molecular weight excluding hydrogens is 228 g/mol. The standard InChI is InChI=1S/C14H22N2O2/c17-10-11-4-3-6-16-13(11)9-15-14(16)8-12-5-1-2-7-18-12/h9,11-12,17H,1-8,10H2. The lowest BCUT2D eigenvalue weighted by molar-refractivity contribution is 0.0150. The zero-order valence-electron chi connectivity index (χ0n) is 10.8. The Hall–Kier alpha value is -0.870. The first kappa shape index (κ1) is 12.2. The molecule has 0 amide bonds. The van der Waals surface area contributed by atoms with Crippen molar-refractivity contribution in [2.75, 3.05) is 13.2 Å². The molecule has 1 N–H and O–H groups in total. The van der Waals surface area contributed by atoms with Crippen LogP contribution in [-0.4, -0.2) is 34.0 Å². The van der Waals surface area contributed by atoms with E-state index in [0.717, 1.165) is 44.7 Å². The average Bonchev–Trinajstić information content (AvgIpc) is 2.83. The third-order valence-corrected chi connectivity index (χ3v) is 4.23. The van der Waals surface area contributed by atoms with Crippen molar-refractivity contribution in [1.82, 2.24) is 9.55 Å². The first-order valence-electron chi connectivity index (χ1n) is 7.15. The molecule has 0 bridgehead atoms. The van der Waals surface area contributed by atoms with Gasteiger partial charge in [0.15, 0.2) is 0 Å². The van der Waals surface area contributed by atoms with Crippen molar-refractivity contribution in [2.24, 2.45) is 0 Å². The van der Waals surface area contributed by atoms with Crippen LogP contribution in [0.1, 0.15) is 49.5 Å². The number of aliphatic hydroxyl groups excluding tert-OH is 1. The molecule has 2 atom stereocenters. The van der Waals surface area contributed by atoms with Crippen LogP contribution in [0.2, 0.25) is 0 Å². The topological polar surface area (TPSA) is 47.3 Å². The molecule has 100 valence electrons. The van der Waals surface area contributed by atoms with E-state index in [0.29, 0.717) is 6.10 Å². The van der Waals surface area contributed by atoms with Gasteiger partial charge in [0.2, 0.25) is 0 Å². The van der Waals surface area contributed by atoms with Gasteiger partial charge in [0.1, 0.15) is 5.82 Å². The third kappa shape index (κ3) is 2.31. The Kier molecular flexibility index (Phi) is 3.66. The minimum Gasteiger partial charge on any atom is -0.396 e. The zero-order valence-corrected chi connectivity index (χ0v) is 10.8. The fourth-order valence-electron chi connectivity index (χ4n) is 3.18. The second-order valence-corrected chi connectivity index (χ2v) is 5.47. The molecule has 0 radical (unpaired) electrons. The normalized spacial score (nSPS) is 28.1. The Balaban J connectivity index is 1.74. The lowest BCUT2D eigenvalue weighted by Gasteiger charge is -2.26. The summed E-state index contributed by atoms with van der Waals surface area (Å²) in [5, 5.41) is 9.40. The van der Waals surface area contributed by atoms with Gasteiger partial charge in [-0.15, -0.1) is 0 Å². The number of nitrogens with zero attached hydrogens (tertiary/aromatic N) is 2. The van der Waals surface area contributed by atoms with Crippen LogP contribution in [0.3, 0.4) is 0 Å². The van der Waals surface area contributed by atoms with E-state index in [4.69, 9.17) is 4.74 Å². The van der Waals surface area contributed by atoms with Crippen molar-refractivity contribution in [3.05, 3.63) is 17.7 Å². The molecule has 0 aromatic carbocycles. The van der Waals surface area contributed by atoms with E-state index >= 15 is 0 Å². The average molecular weight is 250 g/mol. The summed E-state index contributed by atoms with van der Waals surface area (Å²) in [5.74, 6) is 1.43. The monoisotopic (exact) mass is 250 g/mol. The van der Waals surface area contributed by atoms with Crippen molar-refractivity contribution < 1.29 is 9.84 Å². The summed E-state index contributed by atoms with van der Waals surface area (Å²) in [4.78, 5) is 4.56. The van der Waals surface area contributed by atoms with E-state index in [-0.39, 0.29) is 12.5 Å². The summed E-state index contributed by atoms with van der Waals surface area (Å²) in [6.45, 7) is 2.19. The van der Waals surface area contributed by atoms with E-state index in [1.54, 1.807) is 0 Å². The first-order chi connectivity index (χ1) is 8.88. The maximum absolute atomic E-state index is 9.40. The van der Waals surface area contributed by atoms with Crippen LogP contribution in [-0.2, 0) is 17.7 Å². The van der Waals surface area contributed by atoms with E-state index in [1.165, 1.54) is 18.5 Å². The van der Waals surface area contributed by atoms with Crippen LogP contribution in [0.4, 0.5) is 0 Å². The fraction of sp³-hybridized carbons (Fsp3) is 0.786. The van der Waals surface area contributed by atoms with Crippen LogP contribution < -0.4 is 0 Å². The van der Waals surface area contributed by atoms with Crippen LogP contribution in [0.5, 0.6) is 0 Å². The number of fused-ring (bicyclic) bond motifs is 1. The van der Waals surface area contributed by atoms with E-state index in [1.807, 2.05) is 6.20 Å². The number of ether oxygens (including phenoxy) is 1.